The van der Waals surface area contributed by atoms with Crippen LogP contribution in [0.15, 0.2) is 103 Å². The first-order valence-corrected chi connectivity index (χ1v) is 20.8. The molecular weight excluding hydrogens is 773 g/mol. The molecule has 0 radical (unpaired) electrons. The van der Waals surface area contributed by atoms with E-state index in [2.05, 4.69) is 15.6 Å². The van der Waals surface area contributed by atoms with E-state index in [9.17, 15) is 29.4 Å². The molecule has 5 amide bonds. The third-order valence-electron chi connectivity index (χ3n) is 11.1. The van der Waals surface area contributed by atoms with Crippen LogP contribution >= 0.6 is 0 Å². The van der Waals surface area contributed by atoms with Gasteiger partial charge in [0.1, 0.15) is 17.8 Å². The van der Waals surface area contributed by atoms with Crippen LogP contribution in [0.1, 0.15) is 64.7 Å². The number of hydrogen-bond donors (Lipinski definition) is 4. The Morgan fingerprint density at radius 2 is 1.46 bits per heavy atom. The number of nitrogens with zero attached hydrogens (tertiary/aromatic N) is 4. The van der Waals surface area contributed by atoms with Gasteiger partial charge in [0.05, 0.1) is 24.9 Å². The number of rotatable bonds is 17. The number of carboxylic acid groups (broad SMARTS) is 1. The lowest BCUT2D eigenvalue weighted by Crippen LogP contribution is -2.59. The Hall–Kier alpha value is -5.95. The SMILES string of the molecule is COc1cccc(CN2CCN([C@H](C(=O)N[C@@H](Cc3ccccc3)[C@@H](O)C[C@H](Cc3ccc(-c4ccccn4)cc3)NC(=O)[C@@H](N(C)C(=O)O)C(C)(C)C)C(C)(C)C)C2=O)c1. The van der Waals surface area contributed by atoms with Crippen LogP contribution in [-0.2, 0) is 29.0 Å². The van der Waals surface area contributed by atoms with Gasteiger partial charge in [0.15, 0.2) is 0 Å². The lowest BCUT2D eigenvalue weighted by molar-refractivity contribution is -0.131. The van der Waals surface area contributed by atoms with E-state index in [1.165, 1.54) is 7.05 Å². The molecule has 0 aliphatic carbocycles. The van der Waals surface area contributed by atoms with Crippen molar-refractivity contribution in [3.8, 4) is 17.0 Å². The molecule has 1 saturated heterocycles. The molecule has 0 bridgehead atoms. The summed E-state index contributed by atoms with van der Waals surface area (Å²) in [7, 11) is 2.97. The summed E-state index contributed by atoms with van der Waals surface area (Å²) in [6.45, 7) is 12.3. The van der Waals surface area contributed by atoms with Gasteiger partial charge in [0.2, 0.25) is 11.8 Å². The summed E-state index contributed by atoms with van der Waals surface area (Å²) in [5.74, 6) is -0.203. The summed E-state index contributed by atoms with van der Waals surface area (Å²) >= 11 is 0. The molecule has 0 unspecified atom stereocenters. The summed E-state index contributed by atoms with van der Waals surface area (Å²) in [6, 6.07) is 26.9. The molecular formula is C48H62N6O7. The van der Waals surface area contributed by atoms with E-state index in [4.69, 9.17) is 4.74 Å². The van der Waals surface area contributed by atoms with Crippen molar-refractivity contribution in [1.29, 1.82) is 0 Å². The van der Waals surface area contributed by atoms with Crippen LogP contribution in [0.3, 0.4) is 0 Å². The van der Waals surface area contributed by atoms with Crippen LogP contribution < -0.4 is 15.4 Å². The zero-order valence-corrected chi connectivity index (χ0v) is 36.7. The van der Waals surface area contributed by atoms with Crippen molar-refractivity contribution in [2.24, 2.45) is 10.8 Å². The molecule has 61 heavy (non-hydrogen) atoms. The second-order valence-corrected chi connectivity index (χ2v) is 18.1. The second kappa shape index (κ2) is 20.1. The number of benzene rings is 3. The van der Waals surface area contributed by atoms with E-state index in [0.29, 0.717) is 31.8 Å². The molecule has 1 fully saturated rings. The number of nitrogens with one attached hydrogen (secondary N) is 2. The number of amides is 5. The van der Waals surface area contributed by atoms with E-state index in [-0.39, 0.29) is 18.9 Å². The predicted molar refractivity (Wildman–Crippen MR) is 236 cm³/mol. The highest BCUT2D eigenvalue weighted by Gasteiger charge is 2.45. The number of aromatic nitrogens is 1. The minimum absolute atomic E-state index is 0.0241. The van der Waals surface area contributed by atoms with Gasteiger partial charge < -0.3 is 35.4 Å². The number of aliphatic hydroxyl groups is 1. The highest BCUT2D eigenvalue weighted by molar-refractivity contribution is 5.89. The van der Waals surface area contributed by atoms with E-state index in [1.807, 2.05) is 118 Å². The van der Waals surface area contributed by atoms with Gasteiger partial charge in [-0.2, -0.15) is 0 Å². The van der Waals surface area contributed by atoms with Crippen molar-refractivity contribution in [3.05, 3.63) is 120 Å². The monoisotopic (exact) mass is 834 g/mol. The largest absolute Gasteiger partial charge is 0.497 e. The van der Waals surface area contributed by atoms with Crippen LogP contribution in [-0.4, -0.2) is 111 Å². The minimum Gasteiger partial charge on any atom is -0.497 e. The topological polar surface area (TPSA) is 165 Å². The number of pyridine rings is 1. The highest BCUT2D eigenvalue weighted by Crippen LogP contribution is 2.30. The van der Waals surface area contributed by atoms with Crippen LogP contribution in [0.25, 0.3) is 11.3 Å². The molecule has 13 heteroatoms. The maximum absolute atomic E-state index is 14.6. The Balaban J connectivity index is 1.42. The van der Waals surface area contributed by atoms with Crippen molar-refractivity contribution >= 4 is 23.9 Å². The first kappa shape index (κ1) is 46.1. The zero-order chi connectivity index (χ0) is 44.5. The molecule has 1 aliphatic rings. The quantitative estimate of drug-likeness (QED) is 0.0920. The van der Waals surface area contributed by atoms with Crippen LogP contribution in [0.5, 0.6) is 5.75 Å². The number of carbonyl (C=O) groups is 4. The van der Waals surface area contributed by atoms with Crippen LogP contribution in [0.4, 0.5) is 9.59 Å². The Bertz CT molecular complexity index is 2090. The fourth-order valence-corrected chi connectivity index (χ4v) is 8.21. The normalized spacial score (nSPS) is 15.7. The molecule has 4 N–H and O–H groups in total. The molecule has 4 aromatic rings. The lowest BCUT2D eigenvalue weighted by Gasteiger charge is -2.38. The van der Waals surface area contributed by atoms with Gasteiger partial charge in [-0.05, 0) is 71.0 Å². The first-order valence-electron chi connectivity index (χ1n) is 20.8. The number of ether oxygens (including phenoxy) is 1. The van der Waals surface area contributed by atoms with E-state index < -0.39 is 59.0 Å². The molecule has 1 aromatic heterocycles. The maximum atomic E-state index is 14.6. The molecule has 3 aromatic carbocycles. The summed E-state index contributed by atoms with van der Waals surface area (Å²) in [6.07, 6.45) is -0.0853. The third kappa shape index (κ3) is 12.3. The fraction of sp³-hybridized carbons (Fsp3) is 0.438. The van der Waals surface area contributed by atoms with Crippen molar-refractivity contribution in [1.82, 2.24) is 30.3 Å². The average molecular weight is 835 g/mol. The number of likely N-dealkylation sites (N-methyl/N-ethyl adjacent to an activating group) is 1. The van der Waals surface area contributed by atoms with Gasteiger partial charge in [-0.25, -0.2) is 9.59 Å². The zero-order valence-electron chi connectivity index (χ0n) is 36.7. The number of aliphatic hydroxyl groups excluding tert-OH is 1. The van der Waals surface area contributed by atoms with E-state index in [1.54, 1.807) is 43.9 Å². The van der Waals surface area contributed by atoms with Crippen molar-refractivity contribution in [2.45, 2.75) is 97.6 Å². The fourth-order valence-electron chi connectivity index (χ4n) is 8.21. The third-order valence-corrected chi connectivity index (χ3v) is 11.1. The second-order valence-electron chi connectivity index (χ2n) is 18.1. The molecule has 5 rings (SSSR count). The van der Waals surface area contributed by atoms with Crippen LogP contribution in [0.2, 0.25) is 0 Å². The maximum Gasteiger partial charge on any atom is 0.407 e. The van der Waals surface area contributed by atoms with Gasteiger partial charge in [0, 0.05) is 44.5 Å². The molecule has 326 valence electrons. The standard InChI is InChI=1S/C48H62N6O7/c1-47(2,3)41(52(7)46(59)60)43(56)50-36(27-33-20-22-35(23-21-33)38-19-12-13-24-49-38)30-40(55)39(29-32-15-10-9-11-16-32)51-44(57)42(48(4,5)6)54-26-25-53(45(54)58)31-34-17-14-18-37(28-34)61-8/h9-24,28,36,39-42,55H,25-27,29-31H2,1-8H3,(H,50,56)(H,51,57)(H,59,60)/t36-,39-,40-,41+,42+/m0/s1. The smallest absolute Gasteiger partial charge is 0.407 e. The van der Waals surface area contributed by atoms with E-state index >= 15 is 0 Å². The summed E-state index contributed by atoms with van der Waals surface area (Å²) in [5, 5.41) is 28.4. The molecule has 0 spiro atoms. The Labute approximate surface area is 360 Å². The van der Waals surface area contributed by atoms with Gasteiger partial charge in [0.25, 0.3) is 0 Å². The first-order chi connectivity index (χ1) is 28.8. The Morgan fingerprint density at radius 1 is 0.803 bits per heavy atom. The van der Waals surface area contributed by atoms with Gasteiger partial charge in [-0.15, -0.1) is 0 Å². The van der Waals surface area contributed by atoms with Gasteiger partial charge in [-0.1, -0.05) is 114 Å². The highest BCUT2D eigenvalue weighted by atomic mass is 16.5. The summed E-state index contributed by atoms with van der Waals surface area (Å²) in [5.41, 5.74) is 2.96. The molecule has 5 atom stereocenters. The number of hydrogen-bond acceptors (Lipinski definition) is 7. The summed E-state index contributed by atoms with van der Waals surface area (Å²) < 4.78 is 5.38. The van der Waals surface area contributed by atoms with E-state index in [0.717, 1.165) is 32.8 Å². The molecule has 0 saturated carbocycles. The van der Waals surface area contributed by atoms with Crippen molar-refractivity contribution < 1.29 is 34.1 Å². The minimum atomic E-state index is -1.24. The number of carbonyl (C=O) groups excluding carboxylic acids is 3. The van der Waals surface area contributed by atoms with Gasteiger partial charge in [-0.3, -0.25) is 19.5 Å². The molecule has 13 nitrogen and oxygen atoms in total. The molecule has 1 aliphatic heterocycles. The Morgan fingerprint density at radius 3 is 2.07 bits per heavy atom. The van der Waals surface area contributed by atoms with Crippen LogP contribution in [0, 0.1) is 10.8 Å². The molecule has 2 heterocycles. The Kier molecular flexibility index (Phi) is 15.2. The average Bonchev–Trinajstić information content (AvgIpc) is 3.55. The number of urea groups is 1. The van der Waals surface area contributed by atoms with Crippen molar-refractivity contribution in [2.75, 3.05) is 27.2 Å². The lowest BCUT2D eigenvalue weighted by atomic mass is 9.84. The van der Waals surface area contributed by atoms with Gasteiger partial charge >= 0.3 is 12.1 Å². The van der Waals surface area contributed by atoms with Crippen molar-refractivity contribution in [3.63, 3.8) is 0 Å². The summed E-state index contributed by atoms with van der Waals surface area (Å²) in [4.78, 5) is 63.7. The predicted octanol–water partition coefficient (Wildman–Crippen LogP) is 6.64. The number of methoxy groups -OCH3 is 1.